The van der Waals surface area contributed by atoms with E-state index in [0.29, 0.717) is 32.2 Å². The molecular weight excluding hydrogens is 262 g/mol. The van der Waals surface area contributed by atoms with Crippen molar-refractivity contribution in [3.63, 3.8) is 0 Å². The minimum absolute atomic E-state index is 0.327. The topological polar surface area (TPSA) is 52.7 Å². The van der Waals surface area contributed by atoms with Crippen LogP contribution < -0.4 is 5.32 Å². The van der Waals surface area contributed by atoms with Crippen LogP contribution in [-0.4, -0.2) is 55.8 Å². The fraction of sp³-hybridized carbons (Fsp3) is 1.00. The molecule has 19 heavy (non-hydrogen) atoms. The smallest absolute Gasteiger partial charge is 0.282 e. The number of likely N-dealkylation sites (N-methyl/N-ethyl adjacent to an activating group) is 1. The SMILES string of the molecule is CCN(CC1CCCCN1)S(=O)(=O)N1CCCCC1. The molecule has 2 heterocycles. The summed E-state index contributed by atoms with van der Waals surface area (Å²) in [6.07, 6.45) is 6.66. The predicted molar refractivity (Wildman–Crippen MR) is 77.2 cm³/mol. The molecule has 6 heteroatoms. The molecule has 2 rings (SSSR count). The van der Waals surface area contributed by atoms with Gasteiger partial charge in [-0.2, -0.15) is 17.0 Å². The van der Waals surface area contributed by atoms with Gasteiger partial charge in [-0.15, -0.1) is 0 Å². The molecule has 2 aliphatic heterocycles. The Labute approximate surface area is 117 Å². The number of piperidine rings is 2. The number of nitrogens with one attached hydrogen (secondary N) is 1. The van der Waals surface area contributed by atoms with E-state index in [9.17, 15) is 8.42 Å². The number of hydrogen-bond acceptors (Lipinski definition) is 3. The molecule has 1 unspecified atom stereocenters. The van der Waals surface area contributed by atoms with Crippen molar-refractivity contribution < 1.29 is 8.42 Å². The molecular formula is C13H27N3O2S. The van der Waals surface area contributed by atoms with E-state index in [0.717, 1.165) is 32.2 Å². The van der Waals surface area contributed by atoms with E-state index in [1.165, 1.54) is 12.8 Å². The average Bonchev–Trinajstić information content (AvgIpc) is 2.46. The van der Waals surface area contributed by atoms with Crippen LogP contribution in [-0.2, 0) is 10.2 Å². The summed E-state index contributed by atoms with van der Waals surface area (Å²) in [6.45, 7) is 5.52. The van der Waals surface area contributed by atoms with E-state index < -0.39 is 10.2 Å². The third kappa shape index (κ3) is 3.90. The van der Waals surface area contributed by atoms with Crippen LogP contribution in [0, 0.1) is 0 Å². The summed E-state index contributed by atoms with van der Waals surface area (Å²) in [6, 6.07) is 0.327. The molecule has 0 aromatic heterocycles. The quantitative estimate of drug-likeness (QED) is 0.827. The Morgan fingerprint density at radius 1 is 1.16 bits per heavy atom. The first-order valence-electron chi connectivity index (χ1n) is 7.63. The van der Waals surface area contributed by atoms with Crippen LogP contribution in [0.25, 0.3) is 0 Å². The number of nitrogens with zero attached hydrogens (tertiary/aromatic N) is 2. The third-order valence-corrected chi connectivity index (χ3v) is 6.23. The van der Waals surface area contributed by atoms with Crippen LogP contribution in [0.15, 0.2) is 0 Å². The Morgan fingerprint density at radius 2 is 1.89 bits per heavy atom. The van der Waals surface area contributed by atoms with Crippen molar-refractivity contribution in [3.8, 4) is 0 Å². The molecule has 1 atom stereocenters. The van der Waals surface area contributed by atoms with Crippen LogP contribution in [0.5, 0.6) is 0 Å². The summed E-state index contributed by atoms with van der Waals surface area (Å²) in [5, 5.41) is 3.43. The van der Waals surface area contributed by atoms with Crippen LogP contribution in [0.3, 0.4) is 0 Å². The third-order valence-electron chi connectivity index (χ3n) is 4.16. The first-order chi connectivity index (χ1) is 9.14. The fourth-order valence-corrected chi connectivity index (χ4v) is 4.71. The second-order valence-corrected chi connectivity index (χ2v) is 7.49. The summed E-state index contributed by atoms with van der Waals surface area (Å²) in [5.74, 6) is 0. The average molecular weight is 289 g/mol. The van der Waals surface area contributed by atoms with Gasteiger partial charge >= 0.3 is 0 Å². The molecule has 0 aromatic rings. The Balaban J connectivity index is 1.98. The molecule has 0 amide bonds. The van der Waals surface area contributed by atoms with Gasteiger partial charge in [-0.1, -0.05) is 19.8 Å². The number of hydrogen-bond donors (Lipinski definition) is 1. The van der Waals surface area contributed by atoms with E-state index in [1.54, 1.807) is 8.61 Å². The number of rotatable bonds is 5. The lowest BCUT2D eigenvalue weighted by Crippen LogP contribution is -2.51. The molecule has 0 saturated carbocycles. The zero-order valence-corrected chi connectivity index (χ0v) is 12.8. The summed E-state index contributed by atoms with van der Waals surface area (Å²) >= 11 is 0. The van der Waals surface area contributed by atoms with Crippen molar-refractivity contribution in [3.05, 3.63) is 0 Å². The lowest BCUT2D eigenvalue weighted by atomic mass is 10.1. The van der Waals surface area contributed by atoms with Crippen LogP contribution in [0.2, 0.25) is 0 Å². The maximum atomic E-state index is 12.6. The highest BCUT2D eigenvalue weighted by atomic mass is 32.2. The summed E-state index contributed by atoms with van der Waals surface area (Å²) in [5.41, 5.74) is 0. The Bertz CT molecular complexity index is 360. The van der Waals surface area contributed by atoms with Gasteiger partial charge in [-0.3, -0.25) is 0 Å². The summed E-state index contributed by atoms with van der Waals surface area (Å²) in [7, 11) is -3.25. The Morgan fingerprint density at radius 3 is 2.47 bits per heavy atom. The van der Waals surface area contributed by atoms with Gasteiger partial charge in [-0.05, 0) is 32.2 Å². The van der Waals surface area contributed by atoms with Crippen molar-refractivity contribution in [1.82, 2.24) is 13.9 Å². The van der Waals surface area contributed by atoms with Gasteiger partial charge < -0.3 is 5.32 Å². The zero-order valence-electron chi connectivity index (χ0n) is 12.0. The van der Waals surface area contributed by atoms with Crippen LogP contribution in [0.4, 0.5) is 0 Å². The van der Waals surface area contributed by atoms with Gasteiger partial charge in [0.15, 0.2) is 0 Å². The molecule has 0 radical (unpaired) electrons. The van der Waals surface area contributed by atoms with E-state index in [4.69, 9.17) is 0 Å². The zero-order chi connectivity index (χ0) is 13.7. The fourth-order valence-electron chi connectivity index (χ4n) is 2.97. The minimum atomic E-state index is -3.25. The molecule has 1 N–H and O–H groups in total. The second-order valence-electron chi connectivity index (χ2n) is 5.56. The first-order valence-corrected chi connectivity index (χ1v) is 9.03. The molecule has 112 valence electrons. The highest BCUT2D eigenvalue weighted by Crippen LogP contribution is 2.18. The van der Waals surface area contributed by atoms with Gasteiger partial charge in [0.05, 0.1) is 0 Å². The Kier molecular flexibility index (Phi) is 5.62. The van der Waals surface area contributed by atoms with Gasteiger partial charge in [0.1, 0.15) is 0 Å². The van der Waals surface area contributed by atoms with E-state index in [1.807, 2.05) is 6.92 Å². The molecule has 0 spiro atoms. The maximum absolute atomic E-state index is 12.6. The Hall–Kier alpha value is -0.170. The first kappa shape index (κ1) is 15.2. The predicted octanol–water partition coefficient (Wildman–Crippen LogP) is 1.18. The summed E-state index contributed by atoms with van der Waals surface area (Å²) in [4.78, 5) is 0. The van der Waals surface area contributed by atoms with Crippen molar-refractivity contribution in [1.29, 1.82) is 0 Å². The lowest BCUT2D eigenvalue weighted by molar-refractivity contribution is 0.278. The van der Waals surface area contributed by atoms with Crippen LogP contribution >= 0.6 is 0 Å². The largest absolute Gasteiger partial charge is 0.313 e. The normalized spacial score (nSPS) is 26.7. The van der Waals surface area contributed by atoms with Crippen molar-refractivity contribution in [2.45, 2.75) is 51.5 Å². The summed E-state index contributed by atoms with van der Waals surface area (Å²) < 4.78 is 28.6. The van der Waals surface area contributed by atoms with Gasteiger partial charge in [0.25, 0.3) is 10.2 Å². The van der Waals surface area contributed by atoms with Crippen molar-refractivity contribution in [2.75, 3.05) is 32.7 Å². The van der Waals surface area contributed by atoms with Crippen molar-refractivity contribution in [2.24, 2.45) is 0 Å². The van der Waals surface area contributed by atoms with Crippen molar-refractivity contribution >= 4 is 10.2 Å². The monoisotopic (exact) mass is 289 g/mol. The molecule has 5 nitrogen and oxygen atoms in total. The van der Waals surface area contributed by atoms with Crippen LogP contribution in [0.1, 0.15) is 45.4 Å². The molecule has 2 saturated heterocycles. The van der Waals surface area contributed by atoms with Gasteiger partial charge in [-0.25, -0.2) is 0 Å². The van der Waals surface area contributed by atoms with Gasteiger partial charge in [0.2, 0.25) is 0 Å². The molecule has 2 aliphatic rings. The standard InChI is InChI=1S/C13H27N3O2S/c1-2-15(12-13-8-4-5-9-14-13)19(17,18)16-10-6-3-7-11-16/h13-14H,2-12H2,1H3. The highest BCUT2D eigenvalue weighted by Gasteiger charge is 2.31. The molecule has 0 aliphatic carbocycles. The van der Waals surface area contributed by atoms with E-state index in [2.05, 4.69) is 5.32 Å². The second kappa shape index (κ2) is 7.02. The minimum Gasteiger partial charge on any atom is -0.313 e. The molecule has 0 aromatic carbocycles. The van der Waals surface area contributed by atoms with Gasteiger partial charge in [0, 0.05) is 32.2 Å². The van der Waals surface area contributed by atoms with E-state index in [-0.39, 0.29) is 0 Å². The van der Waals surface area contributed by atoms with E-state index >= 15 is 0 Å². The lowest BCUT2D eigenvalue weighted by Gasteiger charge is -2.34. The molecule has 0 bridgehead atoms. The maximum Gasteiger partial charge on any atom is 0.282 e. The molecule has 2 fully saturated rings. The highest BCUT2D eigenvalue weighted by molar-refractivity contribution is 7.86.